The van der Waals surface area contributed by atoms with Crippen molar-refractivity contribution in [2.45, 2.75) is 12.5 Å². The first-order valence-electron chi connectivity index (χ1n) is 4.94. The van der Waals surface area contributed by atoms with E-state index in [9.17, 15) is 9.59 Å². The van der Waals surface area contributed by atoms with Crippen molar-refractivity contribution >= 4 is 12.2 Å². The standard InChI is InChI=1S/C11H11NO4/c13-10(14)12-9(6-7-16-11(12)15)8-4-2-1-3-5-8/h1-5,9H,6-7H2,(H,13,14). The van der Waals surface area contributed by atoms with Crippen LogP contribution in [0.3, 0.4) is 0 Å². The number of hydrogen-bond acceptors (Lipinski definition) is 3. The van der Waals surface area contributed by atoms with E-state index in [1.54, 1.807) is 12.1 Å². The number of benzene rings is 1. The molecule has 16 heavy (non-hydrogen) atoms. The van der Waals surface area contributed by atoms with Crippen molar-refractivity contribution in [3.8, 4) is 0 Å². The Hall–Kier alpha value is -2.04. The van der Waals surface area contributed by atoms with Crippen molar-refractivity contribution in [1.82, 2.24) is 4.90 Å². The molecular weight excluding hydrogens is 210 g/mol. The van der Waals surface area contributed by atoms with Gasteiger partial charge in [0.15, 0.2) is 0 Å². The van der Waals surface area contributed by atoms with Crippen LogP contribution in [0.2, 0.25) is 0 Å². The Morgan fingerprint density at radius 3 is 2.69 bits per heavy atom. The van der Waals surface area contributed by atoms with Gasteiger partial charge in [0.05, 0.1) is 12.6 Å². The molecule has 1 atom stereocenters. The van der Waals surface area contributed by atoms with E-state index in [1.807, 2.05) is 18.2 Å². The maximum Gasteiger partial charge on any atom is 0.419 e. The largest absolute Gasteiger partial charge is 0.465 e. The van der Waals surface area contributed by atoms with Crippen LogP contribution in [0, 0.1) is 0 Å². The molecule has 1 aromatic carbocycles. The van der Waals surface area contributed by atoms with Crippen LogP contribution in [0.15, 0.2) is 30.3 Å². The van der Waals surface area contributed by atoms with Crippen LogP contribution >= 0.6 is 0 Å². The lowest BCUT2D eigenvalue weighted by atomic mass is 10.0. The zero-order valence-electron chi connectivity index (χ0n) is 8.50. The Kier molecular flexibility index (Phi) is 2.76. The van der Waals surface area contributed by atoms with Gasteiger partial charge in [0.1, 0.15) is 0 Å². The van der Waals surface area contributed by atoms with E-state index in [4.69, 9.17) is 9.84 Å². The fourth-order valence-electron chi connectivity index (χ4n) is 1.79. The molecule has 0 aliphatic carbocycles. The minimum atomic E-state index is -1.28. The Bertz CT molecular complexity index is 404. The number of imide groups is 1. The SMILES string of the molecule is O=C(O)N1C(=O)OCCC1c1ccccc1. The maximum atomic E-state index is 11.3. The van der Waals surface area contributed by atoms with Crippen LogP contribution in [0.25, 0.3) is 0 Å². The number of ether oxygens (including phenoxy) is 1. The number of amides is 2. The number of carbonyl (C=O) groups excluding carboxylic acids is 1. The van der Waals surface area contributed by atoms with Crippen molar-refractivity contribution in [1.29, 1.82) is 0 Å². The van der Waals surface area contributed by atoms with E-state index in [0.717, 1.165) is 10.5 Å². The molecule has 1 aromatic rings. The summed E-state index contributed by atoms with van der Waals surface area (Å²) in [6.45, 7) is 0.252. The van der Waals surface area contributed by atoms with E-state index >= 15 is 0 Å². The Morgan fingerprint density at radius 2 is 2.06 bits per heavy atom. The lowest BCUT2D eigenvalue weighted by molar-refractivity contribution is 0.0450. The molecule has 5 nitrogen and oxygen atoms in total. The summed E-state index contributed by atoms with van der Waals surface area (Å²) < 4.78 is 4.71. The van der Waals surface area contributed by atoms with Gasteiger partial charge in [-0.25, -0.2) is 14.5 Å². The first-order valence-corrected chi connectivity index (χ1v) is 4.94. The monoisotopic (exact) mass is 221 g/mol. The highest BCUT2D eigenvalue weighted by Gasteiger charge is 2.35. The molecule has 84 valence electrons. The minimum Gasteiger partial charge on any atom is -0.465 e. The van der Waals surface area contributed by atoms with Crippen LogP contribution in [-0.4, -0.2) is 28.8 Å². The second-order valence-corrected chi connectivity index (χ2v) is 3.48. The molecule has 1 unspecified atom stereocenters. The Labute approximate surface area is 92.2 Å². The van der Waals surface area contributed by atoms with Gasteiger partial charge in [0, 0.05) is 6.42 Å². The summed E-state index contributed by atoms with van der Waals surface area (Å²) in [5, 5.41) is 8.97. The topological polar surface area (TPSA) is 66.8 Å². The summed E-state index contributed by atoms with van der Waals surface area (Å²) in [7, 11) is 0. The van der Waals surface area contributed by atoms with E-state index in [2.05, 4.69) is 0 Å². The van der Waals surface area contributed by atoms with E-state index in [-0.39, 0.29) is 6.61 Å². The summed E-state index contributed by atoms with van der Waals surface area (Å²) >= 11 is 0. The summed E-state index contributed by atoms with van der Waals surface area (Å²) in [5.74, 6) is 0. The molecule has 0 radical (unpaired) electrons. The van der Waals surface area contributed by atoms with E-state index in [1.165, 1.54) is 0 Å². The molecule has 0 saturated carbocycles. The summed E-state index contributed by atoms with van der Waals surface area (Å²) in [6.07, 6.45) is -1.59. The molecular formula is C11H11NO4. The van der Waals surface area contributed by atoms with Gasteiger partial charge >= 0.3 is 12.2 Å². The zero-order valence-corrected chi connectivity index (χ0v) is 8.50. The van der Waals surface area contributed by atoms with Crippen LogP contribution in [0.5, 0.6) is 0 Å². The molecule has 1 saturated heterocycles. The first-order chi connectivity index (χ1) is 7.70. The molecule has 1 N–H and O–H groups in total. The summed E-state index contributed by atoms with van der Waals surface area (Å²) in [5.41, 5.74) is 0.807. The third-order valence-electron chi connectivity index (χ3n) is 2.52. The number of carbonyl (C=O) groups is 2. The molecule has 1 fully saturated rings. The lowest BCUT2D eigenvalue weighted by Crippen LogP contribution is -2.43. The quantitative estimate of drug-likeness (QED) is 0.789. The number of cyclic esters (lactones) is 1. The number of nitrogens with zero attached hydrogens (tertiary/aromatic N) is 1. The molecule has 5 heteroatoms. The van der Waals surface area contributed by atoms with Crippen molar-refractivity contribution in [3.05, 3.63) is 35.9 Å². The Morgan fingerprint density at radius 1 is 1.38 bits per heavy atom. The highest BCUT2D eigenvalue weighted by atomic mass is 16.6. The average Bonchev–Trinajstić information content (AvgIpc) is 2.29. The normalized spacial score (nSPS) is 20.4. The zero-order chi connectivity index (χ0) is 11.5. The fourth-order valence-corrected chi connectivity index (χ4v) is 1.79. The molecule has 1 heterocycles. The van der Waals surface area contributed by atoms with Crippen LogP contribution in [0.1, 0.15) is 18.0 Å². The van der Waals surface area contributed by atoms with Gasteiger partial charge in [-0.3, -0.25) is 0 Å². The van der Waals surface area contributed by atoms with Crippen molar-refractivity contribution in [3.63, 3.8) is 0 Å². The van der Waals surface area contributed by atoms with Crippen molar-refractivity contribution < 1.29 is 19.4 Å². The summed E-state index contributed by atoms with van der Waals surface area (Å²) in [4.78, 5) is 23.1. The third-order valence-corrected chi connectivity index (χ3v) is 2.52. The Balaban J connectivity index is 2.31. The fraction of sp³-hybridized carbons (Fsp3) is 0.273. The van der Waals surface area contributed by atoms with Gasteiger partial charge in [0.25, 0.3) is 0 Å². The molecule has 2 rings (SSSR count). The van der Waals surface area contributed by atoms with Crippen LogP contribution in [0.4, 0.5) is 9.59 Å². The van der Waals surface area contributed by atoms with Crippen LogP contribution in [-0.2, 0) is 4.74 Å². The number of carboxylic acid groups (broad SMARTS) is 1. The second-order valence-electron chi connectivity index (χ2n) is 3.48. The van der Waals surface area contributed by atoms with Gasteiger partial charge in [0.2, 0.25) is 0 Å². The predicted molar refractivity (Wildman–Crippen MR) is 55.0 cm³/mol. The van der Waals surface area contributed by atoms with E-state index < -0.39 is 18.2 Å². The van der Waals surface area contributed by atoms with Crippen molar-refractivity contribution in [2.75, 3.05) is 6.61 Å². The smallest absolute Gasteiger partial charge is 0.419 e. The maximum absolute atomic E-state index is 11.3. The minimum absolute atomic E-state index is 0.252. The third kappa shape index (κ3) is 1.84. The molecule has 0 bridgehead atoms. The molecule has 0 spiro atoms. The predicted octanol–water partition coefficient (Wildman–Crippen LogP) is 2.25. The van der Waals surface area contributed by atoms with Crippen LogP contribution < -0.4 is 0 Å². The second kappa shape index (κ2) is 4.22. The van der Waals surface area contributed by atoms with Gasteiger partial charge in [-0.1, -0.05) is 30.3 Å². The first kappa shape index (κ1) is 10.5. The van der Waals surface area contributed by atoms with Gasteiger partial charge in [-0.05, 0) is 5.56 Å². The molecule has 2 amide bonds. The summed E-state index contributed by atoms with van der Waals surface area (Å²) in [6, 6.07) is 8.64. The van der Waals surface area contributed by atoms with Gasteiger partial charge in [-0.15, -0.1) is 0 Å². The molecule has 1 aliphatic rings. The lowest BCUT2D eigenvalue weighted by Gasteiger charge is -2.31. The highest BCUT2D eigenvalue weighted by molar-refractivity contribution is 5.87. The number of rotatable bonds is 1. The average molecular weight is 221 g/mol. The van der Waals surface area contributed by atoms with Crippen molar-refractivity contribution in [2.24, 2.45) is 0 Å². The van der Waals surface area contributed by atoms with E-state index in [0.29, 0.717) is 6.42 Å². The molecule has 1 aliphatic heterocycles. The van der Waals surface area contributed by atoms with Gasteiger partial charge in [-0.2, -0.15) is 0 Å². The number of hydrogen-bond donors (Lipinski definition) is 1. The highest BCUT2D eigenvalue weighted by Crippen LogP contribution is 2.28. The van der Waals surface area contributed by atoms with Gasteiger partial charge < -0.3 is 9.84 Å². The molecule has 0 aromatic heterocycles.